The number of rotatable bonds is 7. The minimum atomic E-state index is -2.45. The van der Waals surface area contributed by atoms with Crippen LogP contribution in [-0.2, 0) is 0 Å². The Hall–Kier alpha value is -0.220. The standard InChI is InChI=1S/C14H27F2NO/c1-13(2,6-4-8-18)11-17-10-12-5-3-7-14(15,16)9-12/h12,17-18H,3-11H2,1-2H3. The maximum atomic E-state index is 13.2. The van der Waals surface area contributed by atoms with Crippen LogP contribution < -0.4 is 5.32 Å². The van der Waals surface area contributed by atoms with E-state index in [4.69, 9.17) is 5.11 Å². The largest absolute Gasteiger partial charge is 0.396 e. The Balaban J connectivity index is 2.20. The summed E-state index contributed by atoms with van der Waals surface area (Å²) in [6, 6.07) is 0. The quantitative estimate of drug-likeness (QED) is 0.739. The molecule has 0 saturated heterocycles. The molecule has 1 rings (SSSR count). The SMILES string of the molecule is CC(C)(CCCO)CNCC1CCCC(F)(F)C1. The summed E-state index contributed by atoms with van der Waals surface area (Å²) < 4.78 is 26.5. The number of alkyl halides is 2. The molecule has 4 heteroatoms. The zero-order valence-corrected chi connectivity index (χ0v) is 11.6. The van der Waals surface area contributed by atoms with E-state index >= 15 is 0 Å². The molecule has 1 saturated carbocycles. The van der Waals surface area contributed by atoms with Gasteiger partial charge < -0.3 is 10.4 Å². The average molecular weight is 263 g/mol. The van der Waals surface area contributed by atoms with E-state index in [9.17, 15) is 8.78 Å². The number of aliphatic hydroxyl groups is 1. The highest BCUT2D eigenvalue weighted by atomic mass is 19.3. The highest BCUT2D eigenvalue weighted by molar-refractivity contribution is 4.80. The second kappa shape index (κ2) is 6.80. The summed E-state index contributed by atoms with van der Waals surface area (Å²) in [6.45, 7) is 6.03. The maximum Gasteiger partial charge on any atom is 0.248 e. The number of hydrogen-bond acceptors (Lipinski definition) is 2. The smallest absolute Gasteiger partial charge is 0.248 e. The number of aliphatic hydroxyl groups excluding tert-OH is 1. The molecular formula is C14H27F2NO. The summed E-state index contributed by atoms with van der Waals surface area (Å²) in [7, 11) is 0. The van der Waals surface area contributed by atoms with Crippen LogP contribution in [0.4, 0.5) is 8.78 Å². The van der Waals surface area contributed by atoms with Gasteiger partial charge in [-0.1, -0.05) is 13.8 Å². The molecular weight excluding hydrogens is 236 g/mol. The van der Waals surface area contributed by atoms with Crippen LogP contribution in [0.15, 0.2) is 0 Å². The van der Waals surface area contributed by atoms with Gasteiger partial charge in [-0.3, -0.25) is 0 Å². The minimum Gasteiger partial charge on any atom is -0.396 e. The fraction of sp³-hybridized carbons (Fsp3) is 1.00. The Bertz CT molecular complexity index is 244. The molecule has 18 heavy (non-hydrogen) atoms. The Morgan fingerprint density at radius 1 is 1.39 bits per heavy atom. The molecule has 0 heterocycles. The first-order valence-corrected chi connectivity index (χ1v) is 7.04. The summed E-state index contributed by atoms with van der Waals surface area (Å²) in [5, 5.41) is 12.1. The lowest BCUT2D eigenvalue weighted by molar-refractivity contribution is -0.0521. The first-order valence-electron chi connectivity index (χ1n) is 7.04. The van der Waals surface area contributed by atoms with Crippen LogP contribution in [-0.4, -0.2) is 30.7 Å². The van der Waals surface area contributed by atoms with Crippen molar-refractivity contribution >= 4 is 0 Å². The highest BCUT2D eigenvalue weighted by Gasteiger charge is 2.35. The van der Waals surface area contributed by atoms with Crippen LogP contribution in [0, 0.1) is 11.3 Å². The van der Waals surface area contributed by atoms with E-state index in [1.807, 2.05) is 0 Å². The summed E-state index contributed by atoms with van der Waals surface area (Å²) in [5.74, 6) is -2.33. The van der Waals surface area contributed by atoms with Gasteiger partial charge >= 0.3 is 0 Å². The molecule has 1 fully saturated rings. The van der Waals surface area contributed by atoms with Gasteiger partial charge in [0.25, 0.3) is 0 Å². The zero-order valence-electron chi connectivity index (χ0n) is 11.6. The molecule has 1 aliphatic carbocycles. The van der Waals surface area contributed by atoms with Crippen LogP contribution in [0.5, 0.6) is 0 Å². The minimum absolute atomic E-state index is 0.0388. The molecule has 0 radical (unpaired) electrons. The van der Waals surface area contributed by atoms with Crippen molar-refractivity contribution in [2.75, 3.05) is 19.7 Å². The van der Waals surface area contributed by atoms with E-state index in [2.05, 4.69) is 19.2 Å². The second-order valence-corrected chi connectivity index (χ2v) is 6.44. The van der Waals surface area contributed by atoms with Crippen LogP contribution in [0.2, 0.25) is 0 Å². The molecule has 1 atom stereocenters. The molecule has 0 aromatic carbocycles. The van der Waals surface area contributed by atoms with E-state index in [-0.39, 0.29) is 30.8 Å². The fourth-order valence-corrected chi connectivity index (χ4v) is 2.71. The molecule has 0 aliphatic heterocycles. The Labute approximate surface area is 109 Å². The second-order valence-electron chi connectivity index (χ2n) is 6.44. The number of nitrogens with one attached hydrogen (secondary N) is 1. The molecule has 0 amide bonds. The van der Waals surface area contributed by atoms with E-state index < -0.39 is 5.92 Å². The Morgan fingerprint density at radius 2 is 2.11 bits per heavy atom. The normalized spacial score (nSPS) is 24.2. The van der Waals surface area contributed by atoms with E-state index in [0.717, 1.165) is 25.8 Å². The lowest BCUT2D eigenvalue weighted by Crippen LogP contribution is -2.36. The van der Waals surface area contributed by atoms with Gasteiger partial charge in [0, 0.05) is 26.0 Å². The molecule has 0 aromatic heterocycles. The Kier molecular flexibility index (Phi) is 5.99. The number of hydrogen-bond donors (Lipinski definition) is 2. The predicted molar refractivity (Wildman–Crippen MR) is 69.9 cm³/mol. The van der Waals surface area contributed by atoms with Crippen LogP contribution in [0.3, 0.4) is 0 Å². The molecule has 0 bridgehead atoms. The van der Waals surface area contributed by atoms with Gasteiger partial charge in [-0.05, 0) is 43.6 Å². The molecule has 108 valence electrons. The highest BCUT2D eigenvalue weighted by Crippen LogP contribution is 2.36. The lowest BCUT2D eigenvalue weighted by atomic mass is 9.85. The van der Waals surface area contributed by atoms with E-state index in [1.165, 1.54) is 0 Å². The van der Waals surface area contributed by atoms with Crippen molar-refractivity contribution in [1.82, 2.24) is 5.32 Å². The van der Waals surface area contributed by atoms with Gasteiger partial charge in [0.15, 0.2) is 0 Å². The summed E-state index contributed by atoms with van der Waals surface area (Å²) in [5.41, 5.74) is 0.125. The lowest BCUT2D eigenvalue weighted by Gasteiger charge is -2.31. The fourth-order valence-electron chi connectivity index (χ4n) is 2.71. The maximum absolute atomic E-state index is 13.2. The van der Waals surface area contributed by atoms with Crippen LogP contribution >= 0.6 is 0 Å². The van der Waals surface area contributed by atoms with Gasteiger partial charge in [0.1, 0.15) is 0 Å². The third-order valence-electron chi connectivity index (χ3n) is 3.79. The van der Waals surface area contributed by atoms with E-state index in [0.29, 0.717) is 13.0 Å². The van der Waals surface area contributed by atoms with E-state index in [1.54, 1.807) is 0 Å². The summed E-state index contributed by atoms with van der Waals surface area (Å²) in [4.78, 5) is 0. The molecule has 1 aliphatic rings. The van der Waals surface area contributed by atoms with Crippen molar-refractivity contribution in [2.45, 2.75) is 58.3 Å². The van der Waals surface area contributed by atoms with Crippen molar-refractivity contribution in [3.05, 3.63) is 0 Å². The molecule has 0 aromatic rings. The summed E-state index contributed by atoms with van der Waals surface area (Å²) in [6.07, 6.45) is 3.42. The summed E-state index contributed by atoms with van der Waals surface area (Å²) >= 11 is 0. The average Bonchev–Trinajstić information content (AvgIpc) is 2.25. The van der Waals surface area contributed by atoms with Crippen molar-refractivity contribution in [3.63, 3.8) is 0 Å². The third-order valence-corrected chi connectivity index (χ3v) is 3.79. The van der Waals surface area contributed by atoms with Crippen molar-refractivity contribution in [1.29, 1.82) is 0 Å². The monoisotopic (exact) mass is 263 g/mol. The van der Waals surface area contributed by atoms with Crippen molar-refractivity contribution in [3.8, 4) is 0 Å². The number of halogens is 2. The van der Waals surface area contributed by atoms with Gasteiger partial charge in [-0.15, -0.1) is 0 Å². The molecule has 1 unspecified atom stereocenters. The van der Waals surface area contributed by atoms with Crippen molar-refractivity contribution in [2.24, 2.45) is 11.3 Å². The topological polar surface area (TPSA) is 32.3 Å². The van der Waals surface area contributed by atoms with Gasteiger partial charge in [0.05, 0.1) is 0 Å². The Morgan fingerprint density at radius 3 is 2.72 bits per heavy atom. The van der Waals surface area contributed by atoms with Gasteiger partial charge in [-0.25, -0.2) is 8.78 Å². The third kappa shape index (κ3) is 6.10. The first kappa shape index (κ1) is 15.8. The predicted octanol–water partition coefficient (Wildman–Crippen LogP) is 3.20. The zero-order chi connectivity index (χ0) is 13.6. The molecule has 0 spiro atoms. The first-order chi connectivity index (χ1) is 8.35. The molecule has 2 N–H and O–H groups in total. The van der Waals surface area contributed by atoms with Crippen LogP contribution in [0.25, 0.3) is 0 Å². The molecule has 2 nitrogen and oxygen atoms in total. The van der Waals surface area contributed by atoms with Gasteiger partial charge in [-0.2, -0.15) is 0 Å². The van der Waals surface area contributed by atoms with Crippen molar-refractivity contribution < 1.29 is 13.9 Å². The van der Waals surface area contributed by atoms with Crippen LogP contribution in [0.1, 0.15) is 52.4 Å². The van der Waals surface area contributed by atoms with Gasteiger partial charge in [0.2, 0.25) is 5.92 Å².